The van der Waals surface area contributed by atoms with Crippen LogP contribution in [-0.2, 0) is 0 Å². The topological polar surface area (TPSA) is 0 Å². The van der Waals surface area contributed by atoms with Crippen LogP contribution in [0.3, 0.4) is 0 Å². The normalized spacial score (nSPS) is 16.4. The van der Waals surface area contributed by atoms with Gasteiger partial charge in [0.05, 0.1) is 0 Å². The lowest BCUT2D eigenvalue weighted by atomic mass is 9.89. The SMILES string of the molecule is [CH2]C(C)C(F)(F)C(F)(F)C(F)(F)C(F)(F)C(F)(F)C(F)(F)F. The van der Waals surface area contributed by atoms with E-state index >= 15 is 0 Å². The second-order valence-corrected chi connectivity index (χ2v) is 4.32. The molecule has 0 aliphatic heterocycles. The lowest BCUT2D eigenvalue weighted by Gasteiger charge is -2.40. The number of halogens is 13. The third-order valence-electron chi connectivity index (χ3n) is 2.58. The molecule has 133 valence electrons. The summed E-state index contributed by atoms with van der Waals surface area (Å²) in [7, 11) is 0. The second kappa shape index (κ2) is 5.05. The van der Waals surface area contributed by atoms with Crippen molar-refractivity contribution in [3.05, 3.63) is 6.92 Å². The largest absolute Gasteiger partial charge is 0.460 e. The van der Waals surface area contributed by atoms with Gasteiger partial charge in [-0.3, -0.25) is 0 Å². The molecule has 1 radical (unpaired) electrons. The monoisotopic (exact) mass is 361 g/mol. The van der Waals surface area contributed by atoms with Crippen molar-refractivity contribution in [3.8, 4) is 0 Å². The highest BCUT2D eigenvalue weighted by Crippen LogP contribution is 2.61. The van der Waals surface area contributed by atoms with E-state index in [1.54, 1.807) is 0 Å². The molecule has 0 aliphatic rings. The molecule has 0 spiro atoms. The maximum atomic E-state index is 12.9. The maximum absolute atomic E-state index is 12.9. The molecule has 1 atom stereocenters. The van der Waals surface area contributed by atoms with Crippen LogP contribution in [0.25, 0.3) is 0 Å². The minimum absolute atomic E-state index is 0.0457. The molecular weight excluding hydrogens is 355 g/mol. The van der Waals surface area contributed by atoms with Crippen LogP contribution >= 0.6 is 0 Å². The van der Waals surface area contributed by atoms with Gasteiger partial charge in [-0.05, 0) is 6.92 Å². The van der Waals surface area contributed by atoms with Crippen LogP contribution in [0, 0.1) is 12.8 Å². The lowest BCUT2D eigenvalue weighted by Crippen LogP contribution is -2.70. The van der Waals surface area contributed by atoms with Crippen molar-refractivity contribution in [2.24, 2.45) is 5.92 Å². The van der Waals surface area contributed by atoms with Gasteiger partial charge in [-0.1, -0.05) is 6.92 Å². The van der Waals surface area contributed by atoms with E-state index in [4.69, 9.17) is 0 Å². The summed E-state index contributed by atoms with van der Waals surface area (Å²) in [6.45, 7) is 2.21. The number of hydrogen-bond acceptors (Lipinski definition) is 0. The Hall–Kier alpha value is -0.910. The van der Waals surface area contributed by atoms with Gasteiger partial charge in [0.25, 0.3) is 0 Å². The van der Waals surface area contributed by atoms with Crippen LogP contribution in [0.2, 0.25) is 0 Å². The van der Waals surface area contributed by atoms with E-state index in [9.17, 15) is 57.1 Å². The molecule has 0 aliphatic carbocycles. The van der Waals surface area contributed by atoms with Crippen molar-refractivity contribution in [2.75, 3.05) is 0 Å². The molecule has 0 heterocycles. The first-order chi connectivity index (χ1) is 9.19. The van der Waals surface area contributed by atoms with Crippen molar-refractivity contribution >= 4 is 0 Å². The minimum atomic E-state index is -7.85. The Kier molecular flexibility index (Phi) is 4.84. The highest BCUT2D eigenvalue weighted by atomic mass is 19.4. The van der Waals surface area contributed by atoms with E-state index in [0.29, 0.717) is 0 Å². The van der Waals surface area contributed by atoms with Crippen LogP contribution in [-0.4, -0.2) is 35.8 Å². The zero-order valence-corrected chi connectivity index (χ0v) is 10.2. The van der Waals surface area contributed by atoms with Gasteiger partial charge in [-0.15, -0.1) is 0 Å². The lowest BCUT2D eigenvalue weighted by molar-refractivity contribution is -0.442. The summed E-state index contributed by atoms with van der Waals surface area (Å²) in [5, 5.41) is 0. The Morgan fingerprint density at radius 1 is 0.545 bits per heavy atom. The van der Waals surface area contributed by atoms with Crippen molar-refractivity contribution in [1.29, 1.82) is 0 Å². The third-order valence-corrected chi connectivity index (χ3v) is 2.58. The average Bonchev–Trinajstić information content (AvgIpc) is 2.25. The van der Waals surface area contributed by atoms with E-state index in [-0.39, 0.29) is 6.92 Å². The van der Waals surface area contributed by atoms with E-state index in [1.807, 2.05) is 0 Å². The molecule has 0 rings (SSSR count). The molecule has 22 heavy (non-hydrogen) atoms. The van der Waals surface area contributed by atoms with Gasteiger partial charge in [0.1, 0.15) is 0 Å². The molecule has 13 heteroatoms. The Bertz CT molecular complexity index is 402. The molecule has 0 N–H and O–H groups in total. The molecule has 1 unspecified atom stereocenters. The van der Waals surface area contributed by atoms with Crippen LogP contribution in [0.1, 0.15) is 6.92 Å². The van der Waals surface area contributed by atoms with Crippen LogP contribution in [0.4, 0.5) is 57.1 Å². The van der Waals surface area contributed by atoms with Crippen molar-refractivity contribution < 1.29 is 57.1 Å². The van der Waals surface area contributed by atoms with E-state index in [2.05, 4.69) is 6.92 Å². The van der Waals surface area contributed by atoms with Crippen LogP contribution in [0.5, 0.6) is 0 Å². The third kappa shape index (κ3) is 2.49. The predicted octanol–water partition coefficient (Wildman–Crippen LogP) is 5.20. The summed E-state index contributed by atoms with van der Waals surface area (Å²) >= 11 is 0. The zero-order chi connectivity index (χ0) is 18.6. The van der Waals surface area contributed by atoms with Gasteiger partial charge < -0.3 is 0 Å². The summed E-state index contributed by atoms with van der Waals surface area (Å²) in [6, 6.07) is 0. The summed E-state index contributed by atoms with van der Waals surface area (Å²) in [6.07, 6.45) is -7.39. The van der Waals surface area contributed by atoms with Crippen molar-refractivity contribution in [3.63, 3.8) is 0 Å². The molecule has 0 aromatic carbocycles. The summed E-state index contributed by atoms with van der Waals surface area (Å²) < 4.78 is 163. The first kappa shape index (κ1) is 21.1. The van der Waals surface area contributed by atoms with Crippen LogP contribution < -0.4 is 0 Å². The van der Waals surface area contributed by atoms with Crippen molar-refractivity contribution in [1.82, 2.24) is 0 Å². The van der Waals surface area contributed by atoms with Gasteiger partial charge in [-0.2, -0.15) is 57.1 Å². The highest BCUT2D eigenvalue weighted by Gasteiger charge is 2.90. The average molecular weight is 361 g/mol. The van der Waals surface area contributed by atoms with Crippen molar-refractivity contribution in [2.45, 2.75) is 42.7 Å². The molecule has 0 fully saturated rings. The van der Waals surface area contributed by atoms with Gasteiger partial charge >= 0.3 is 35.8 Å². The summed E-state index contributed by atoms with van der Waals surface area (Å²) in [4.78, 5) is 0. The fourth-order valence-corrected chi connectivity index (χ4v) is 1.09. The first-order valence-electron chi connectivity index (χ1n) is 4.98. The molecule has 0 aromatic heterocycles. The molecule has 0 amide bonds. The van der Waals surface area contributed by atoms with Crippen LogP contribution in [0.15, 0.2) is 0 Å². The van der Waals surface area contributed by atoms with E-state index < -0.39 is 41.7 Å². The van der Waals surface area contributed by atoms with Gasteiger partial charge in [-0.25, -0.2) is 0 Å². The van der Waals surface area contributed by atoms with E-state index in [0.717, 1.165) is 0 Å². The molecule has 0 aromatic rings. The van der Waals surface area contributed by atoms with Gasteiger partial charge in [0, 0.05) is 5.92 Å². The molecule has 0 saturated heterocycles. The molecule has 0 bridgehead atoms. The number of alkyl halides is 13. The molecular formula is C9H6F13. The summed E-state index contributed by atoms with van der Waals surface area (Å²) in [5.41, 5.74) is 0. The van der Waals surface area contributed by atoms with E-state index in [1.165, 1.54) is 0 Å². The fourth-order valence-electron chi connectivity index (χ4n) is 1.09. The Labute approximate surface area is 114 Å². The number of hydrogen-bond donors (Lipinski definition) is 0. The quantitative estimate of drug-likeness (QED) is 0.591. The molecule has 0 nitrogen and oxygen atoms in total. The first-order valence-corrected chi connectivity index (χ1v) is 4.98. The summed E-state index contributed by atoms with van der Waals surface area (Å²) in [5.74, 6) is -39.6. The smallest absolute Gasteiger partial charge is 0.199 e. The maximum Gasteiger partial charge on any atom is 0.460 e. The highest BCUT2D eigenvalue weighted by molar-refractivity contribution is 5.11. The van der Waals surface area contributed by atoms with Gasteiger partial charge in [0.2, 0.25) is 0 Å². The van der Waals surface area contributed by atoms with Gasteiger partial charge in [0.15, 0.2) is 0 Å². The predicted molar refractivity (Wildman–Crippen MR) is 45.3 cm³/mol. The fraction of sp³-hybridized carbons (Fsp3) is 0.889. The zero-order valence-electron chi connectivity index (χ0n) is 10.2. The Balaban J connectivity index is 6.24. The minimum Gasteiger partial charge on any atom is -0.199 e. The Morgan fingerprint density at radius 2 is 0.818 bits per heavy atom. The Morgan fingerprint density at radius 3 is 1.05 bits per heavy atom. The number of rotatable bonds is 5. The standard InChI is InChI=1S/C9H6F13/c1-3(2)4(10,11)5(12,13)6(14,15)7(16,17)8(18,19)9(20,21)22/h3H,1H2,2H3. The second-order valence-electron chi connectivity index (χ2n) is 4.32. The molecule has 0 saturated carbocycles.